The summed E-state index contributed by atoms with van der Waals surface area (Å²) in [5, 5.41) is 27.7. The van der Waals surface area contributed by atoms with Gasteiger partial charge in [0.25, 0.3) is 11.8 Å². The minimum Gasteiger partial charge on any atom is -0.380 e. The molecule has 4 rings (SSSR count). The van der Waals surface area contributed by atoms with E-state index in [2.05, 4.69) is 10.4 Å². The maximum absolute atomic E-state index is 12.6. The lowest BCUT2D eigenvalue weighted by Gasteiger charge is -2.24. The highest BCUT2D eigenvalue weighted by Gasteiger charge is 2.35. The molecular weight excluding hydrogens is 408 g/mol. The van der Waals surface area contributed by atoms with Gasteiger partial charge in [-0.2, -0.15) is 5.10 Å². The number of fused-ring (bicyclic) bond motifs is 1. The van der Waals surface area contributed by atoms with E-state index in [0.717, 1.165) is 28.1 Å². The van der Waals surface area contributed by atoms with Gasteiger partial charge in [0, 0.05) is 19.3 Å². The number of carbonyl (C=O) groups excluding carboxylic acids is 2. The van der Waals surface area contributed by atoms with E-state index in [9.17, 15) is 19.8 Å². The third-order valence-electron chi connectivity index (χ3n) is 5.71. The van der Waals surface area contributed by atoms with Gasteiger partial charge < -0.3 is 20.4 Å². The summed E-state index contributed by atoms with van der Waals surface area (Å²) < 4.78 is 1.75. The Labute approximate surface area is 186 Å². The first kappa shape index (κ1) is 21.7. The number of nitrogens with zero attached hydrogens (tertiary/aromatic N) is 3. The normalized spacial score (nSPS) is 15.7. The number of hydrogen-bond donors (Lipinski definition) is 3. The molecule has 8 heteroatoms. The van der Waals surface area contributed by atoms with Gasteiger partial charge in [0.05, 0.1) is 17.4 Å². The summed E-state index contributed by atoms with van der Waals surface area (Å²) in [4.78, 5) is 26.5. The Hall–Kier alpha value is -3.49. The number of rotatable bonds is 6. The van der Waals surface area contributed by atoms with E-state index in [1.807, 2.05) is 67.7 Å². The molecule has 0 fully saturated rings. The van der Waals surface area contributed by atoms with E-state index in [4.69, 9.17) is 0 Å². The second-order valence-corrected chi connectivity index (χ2v) is 8.08. The van der Waals surface area contributed by atoms with Gasteiger partial charge in [-0.1, -0.05) is 36.4 Å². The standard InChI is InChI=1S/C24H26N4O4/c1-15-11-12-28(26-15)20-9-7-17(8-10-20)16(2)25-23(31)21(29)22(30)24(32)27-13-18-5-3-4-6-19(18)14-27/h3-12,16,21-22,29-30H,13-14H2,1-2H3,(H,25,31)/t16-,21-,22-/m1/s1. The Balaban J connectivity index is 1.35. The zero-order valence-electron chi connectivity index (χ0n) is 18.0. The van der Waals surface area contributed by atoms with E-state index in [1.54, 1.807) is 11.6 Å². The van der Waals surface area contributed by atoms with Crippen LogP contribution in [-0.2, 0) is 22.7 Å². The fourth-order valence-corrected chi connectivity index (χ4v) is 3.81. The summed E-state index contributed by atoms with van der Waals surface area (Å²) in [5.41, 5.74) is 4.60. The van der Waals surface area contributed by atoms with Crippen LogP contribution in [0.5, 0.6) is 0 Å². The van der Waals surface area contributed by atoms with Gasteiger partial charge in [-0.3, -0.25) is 9.59 Å². The molecule has 3 atom stereocenters. The number of hydrogen-bond acceptors (Lipinski definition) is 5. The highest BCUT2D eigenvalue weighted by molar-refractivity contribution is 5.91. The van der Waals surface area contributed by atoms with E-state index < -0.39 is 30.1 Å². The van der Waals surface area contributed by atoms with Gasteiger partial charge in [0.15, 0.2) is 12.2 Å². The van der Waals surface area contributed by atoms with Gasteiger partial charge in [-0.25, -0.2) is 4.68 Å². The molecule has 0 unspecified atom stereocenters. The third kappa shape index (κ3) is 4.42. The predicted molar refractivity (Wildman–Crippen MR) is 118 cm³/mol. The molecule has 0 radical (unpaired) electrons. The molecule has 0 aliphatic carbocycles. The van der Waals surface area contributed by atoms with Gasteiger partial charge in [0.1, 0.15) is 0 Å². The second-order valence-electron chi connectivity index (χ2n) is 8.08. The number of nitrogens with one attached hydrogen (secondary N) is 1. The Bertz CT molecular complexity index is 1100. The summed E-state index contributed by atoms with van der Waals surface area (Å²) in [6.07, 6.45) is -1.83. The number of aliphatic hydroxyl groups is 2. The minimum absolute atomic E-state index is 0.346. The maximum atomic E-state index is 12.6. The minimum atomic E-state index is -1.86. The number of benzene rings is 2. The highest BCUT2D eigenvalue weighted by atomic mass is 16.3. The fraction of sp³-hybridized carbons (Fsp3) is 0.292. The number of aliphatic hydroxyl groups excluding tert-OH is 2. The summed E-state index contributed by atoms with van der Waals surface area (Å²) >= 11 is 0. The molecule has 2 heterocycles. The average molecular weight is 434 g/mol. The Morgan fingerprint density at radius 2 is 1.59 bits per heavy atom. The zero-order chi connectivity index (χ0) is 22.8. The average Bonchev–Trinajstić information content (AvgIpc) is 3.43. The van der Waals surface area contributed by atoms with Crippen molar-refractivity contribution in [3.63, 3.8) is 0 Å². The fourth-order valence-electron chi connectivity index (χ4n) is 3.81. The van der Waals surface area contributed by atoms with Crippen LogP contribution in [0.2, 0.25) is 0 Å². The van der Waals surface area contributed by atoms with Crippen LogP contribution >= 0.6 is 0 Å². The molecule has 8 nitrogen and oxygen atoms in total. The molecule has 0 spiro atoms. The lowest BCUT2D eigenvalue weighted by atomic mass is 10.1. The van der Waals surface area contributed by atoms with Crippen molar-refractivity contribution in [1.82, 2.24) is 20.0 Å². The van der Waals surface area contributed by atoms with Crippen molar-refractivity contribution in [2.75, 3.05) is 0 Å². The molecule has 1 aliphatic rings. The lowest BCUT2D eigenvalue weighted by Crippen LogP contribution is -2.50. The van der Waals surface area contributed by atoms with Crippen molar-refractivity contribution < 1.29 is 19.8 Å². The molecule has 2 amide bonds. The third-order valence-corrected chi connectivity index (χ3v) is 5.71. The molecule has 1 aromatic heterocycles. The Morgan fingerprint density at radius 3 is 2.16 bits per heavy atom. The first-order valence-corrected chi connectivity index (χ1v) is 10.5. The van der Waals surface area contributed by atoms with E-state index in [1.165, 1.54) is 4.90 Å². The van der Waals surface area contributed by atoms with E-state index >= 15 is 0 Å². The molecule has 0 saturated carbocycles. The van der Waals surface area contributed by atoms with Crippen LogP contribution in [0.3, 0.4) is 0 Å². The monoisotopic (exact) mass is 434 g/mol. The van der Waals surface area contributed by atoms with Crippen molar-refractivity contribution in [2.24, 2.45) is 0 Å². The summed E-state index contributed by atoms with van der Waals surface area (Å²) in [7, 11) is 0. The molecule has 32 heavy (non-hydrogen) atoms. The highest BCUT2D eigenvalue weighted by Crippen LogP contribution is 2.23. The molecule has 3 aromatic rings. The SMILES string of the molecule is Cc1ccn(-c2ccc([C@@H](C)NC(=O)[C@H](O)[C@@H](O)C(=O)N3Cc4ccccc4C3)cc2)n1. The van der Waals surface area contributed by atoms with Crippen LogP contribution in [0.4, 0.5) is 0 Å². The largest absolute Gasteiger partial charge is 0.380 e. The predicted octanol–water partition coefficient (Wildman–Crippen LogP) is 1.62. The van der Waals surface area contributed by atoms with E-state index in [-0.39, 0.29) is 0 Å². The van der Waals surface area contributed by atoms with Crippen LogP contribution in [0.1, 0.15) is 35.3 Å². The molecule has 1 aliphatic heterocycles. The number of amides is 2. The molecule has 0 bridgehead atoms. The molecule has 0 saturated heterocycles. The van der Waals surface area contributed by atoms with Crippen LogP contribution in [0, 0.1) is 6.92 Å². The summed E-state index contributed by atoms with van der Waals surface area (Å²) in [6, 6.07) is 16.5. The number of aromatic nitrogens is 2. The molecule has 166 valence electrons. The van der Waals surface area contributed by atoms with Gasteiger partial charge in [-0.15, -0.1) is 0 Å². The zero-order valence-corrected chi connectivity index (χ0v) is 18.0. The first-order valence-electron chi connectivity index (χ1n) is 10.5. The first-order chi connectivity index (χ1) is 15.3. The van der Waals surface area contributed by atoms with Gasteiger partial charge >= 0.3 is 0 Å². The van der Waals surface area contributed by atoms with Crippen molar-refractivity contribution in [3.05, 3.63) is 83.2 Å². The van der Waals surface area contributed by atoms with Crippen molar-refractivity contribution >= 4 is 11.8 Å². The van der Waals surface area contributed by atoms with Gasteiger partial charge in [-0.05, 0) is 48.7 Å². The summed E-state index contributed by atoms with van der Waals surface area (Å²) in [5.74, 6) is -1.47. The maximum Gasteiger partial charge on any atom is 0.255 e. The van der Waals surface area contributed by atoms with Crippen LogP contribution < -0.4 is 5.32 Å². The van der Waals surface area contributed by atoms with Gasteiger partial charge in [0.2, 0.25) is 0 Å². The van der Waals surface area contributed by atoms with Crippen molar-refractivity contribution in [3.8, 4) is 5.69 Å². The number of carbonyl (C=O) groups is 2. The smallest absolute Gasteiger partial charge is 0.255 e. The van der Waals surface area contributed by atoms with Crippen LogP contribution in [-0.4, -0.2) is 48.9 Å². The van der Waals surface area contributed by atoms with E-state index in [0.29, 0.717) is 13.1 Å². The Kier molecular flexibility index (Phi) is 6.07. The lowest BCUT2D eigenvalue weighted by molar-refractivity contribution is -0.153. The molecule has 3 N–H and O–H groups in total. The second kappa shape index (κ2) is 8.94. The van der Waals surface area contributed by atoms with Crippen molar-refractivity contribution in [1.29, 1.82) is 0 Å². The van der Waals surface area contributed by atoms with Crippen LogP contribution in [0.15, 0.2) is 60.8 Å². The van der Waals surface area contributed by atoms with Crippen molar-refractivity contribution in [2.45, 2.75) is 45.2 Å². The molecular formula is C24H26N4O4. The topological polar surface area (TPSA) is 108 Å². The van der Waals surface area contributed by atoms with Crippen LogP contribution in [0.25, 0.3) is 5.69 Å². The summed E-state index contributed by atoms with van der Waals surface area (Å²) in [6.45, 7) is 4.37. The molecule has 2 aromatic carbocycles. The number of aryl methyl sites for hydroxylation is 1. The Morgan fingerprint density at radius 1 is 0.969 bits per heavy atom. The quantitative estimate of drug-likeness (QED) is 0.547.